The maximum absolute atomic E-state index is 11.8. The lowest BCUT2D eigenvalue weighted by atomic mass is 10.1. The molecule has 0 radical (unpaired) electrons. The van der Waals surface area contributed by atoms with Gasteiger partial charge < -0.3 is 15.4 Å². The number of rotatable bonds is 14. The Kier molecular flexibility index (Phi) is 10.6. The summed E-state index contributed by atoms with van der Waals surface area (Å²) in [5, 5.41) is 9.69. The van der Waals surface area contributed by atoms with E-state index in [9.17, 15) is 4.79 Å². The first-order valence-corrected chi connectivity index (χ1v) is 10.2. The first kappa shape index (κ1) is 21.8. The number of hydrogen-bond acceptors (Lipinski definition) is 5. The van der Waals surface area contributed by atoms with E-state index in [1.165, 1.54) is 38.4 Å². The molecule has 0 unspecified atom stereocenters. The first-order chi connectivity index (χ1) is 13.8. The Bertz CT molecular complexity index is 645. The molecule has 28 heavy (non-hydrogen) atoms. The molecule has 0 aliphatic carbocycles. The van der Waals surface area contributed by atoms with E-state index in [-0.39, 0.29) is 6.03 Å². The molecule has 0 saturated carbocycles. The smallest absolute Gasteiger partial charge is 0.315 e. The van der Waals surface area contributed by atoms with E-state index >= 15 is 0 Å². The van der Waals surface area contributed by atoms with E-state index in [0.717, 1.165) is 25.0 Å². The molecule has 2 rings (SSSR count). The van der Waals surface area contributed by atoms with Crippen molar-refractivity contribution < 1.29 is 9.53 Å². The second-order valence-electron chi connectivity index (χ2n) is 6.71. The minimum atomic E-state index is -0.184. The van der Waals surface area contributed by atoms with E-state index in [2.05, 4.69) is 32.6 Å². The van der Waals surface area contributed by atoms with Gasteiger partial charge in [-0.3, -0.25) is 0 Å². The van der Waals surface area contributed by atoms with Crippen LogP contribution >= 0.6 is 0 Å². The van der Waals surface area contributed by atoms with Gasteiger partial charge in [0, 0.05) is 32.5 Å². The molecule has 8 heteroatoms. The van der Waals surface area contributed by atoms with Crippen molar-refractivity contribution in [3.63, 3.8) is 0 Å². The summed E-state index contributed by atoms with van der Waals surface area (Å²) in [6.07, 6.45) is 13.2. The van der Waals surface area contributed by atoms with Gasteiger partial charge in [0.1, 0.15) is 12.7 Å². The SMILES string of the molecule is CCCCCCCCOCCCNC(=O)NCc1ccc(-n2cncn2)nc1. The Hall–Kier alpha value is -2.48. The molecule has 8 nitrogen and oxygen atoms in total. The molecule has 154 valence electrons. The van der Waals surface area contributed by atoms with E-state index in [1.807, 2.05) is 12.1 Å². The Balaban J connectivity index is 1.46. The van der Waals surface area contributed by atoms with Crippen LogP contribution in [0, 0.1) is 0 Å². The van der Waals surface area contributed by atoms with Gasteiger partial charge in [0.05, 0.1) is 0 Å². The maximum Gasteiger partial charge on any atom is 0.315 e. The van der Waals surface area contributed by atoms with Crippen molar-refractivity contribution >= 4 is 6.03 Å². The topological polar surface area (TPSA) is 94.0 Å². The normalized spacial score (nSPS) is 10.8. The van der Waals surface area contributed by atoms with Gasteiger partial charge in [-0.15, -0.1) is 0 Å². The molecule has 0 aliphatic heterocycles. The second kappa shape index (κ2) is 13.7. The predicted molar refractivity (Wildman–Crippen MR) is 108 cm³/mol. The number of hydrogen-bond donors (Lipinski definition) is 2. The lowest BCUT2D eigenvalue weighted by molar-refractivity contribution is 0.127. The molecule has 0 fully saturated rings. The average molecular weight is 389 g/mol. The van der Waals surface area contributed by atoms with Crippen LogP contribution in [0.15, 0.2) is 31.0 Å². The number of aromatic nitrogens is 4. The zero-order valence-corrected chi connectivity index (χ0v) is 16.8. The van der Waals surface area contributed by atoms with Crippen LogP contribution < -0.4 is 10.6 Å². The number of amides is 2. The van der Waals surface area contributed by atoms with Crippen LogP contribution in [0.2, 0.25) is 0 Å². The van der Waals surface area contributed by atoms with Crippen molar-refractivity contribution in [2.75, 3.05) is 19.8 Å². The third-order valence-corrected chi connectivity index (χ3v) is 4.31. The third kappa shape index (κ3) is 8.94. The monoisotopic (exact) mass is 388 g/mol. The molecule has 0 bridgehead atoms. The molecule has 2 N–H and O–H groups in total. The van der Waals surface area contributed by atoms with Gasteiger partial charge in [-0.1, -0.05) is 45.1 Å². The predicted octanol–water partition coefficient (Wildman–Crippen LogP) is 3.23. The van der Waals surface area contributed by atoms with Crippen LogP contribution in [0.25, 0.3) is 5.82 Å². The summed E-state index contributed by atoms with van der Waals surface area (Å²) in [5.74, 6) is 0.687. The fraction of sp³-hybridized carbons (Fsp3) is 0.600. The largest absolute Gasteiger partial charge is 0.381 e. The van der Waals surface area contributed by atoms with Gasteiger partial charge >= 0.3 is 6.03 Å². The summed E-state index contributed by atoms with van der Waals surface area (Å²) < 4.78 is 7.18. The zero-order valence-electron chi connectivity index (χ0n) is 16.8. The highest BCUT2D eigenvalue weighted by molar-refractivity contribution is 5.73. The highest BCUT2D eigenvalue weighted by Gasteiger charge is 2.02. The molecule has 0 saturated heterocycles. The maximum atomic E-state index is 11.8. The van der Waals surface area contributed by atoms with Crippen LogP contribution in [0.1, 0.15) is 57.4 Å². The summed E-state index contributed by atoms with van der Waals surface area (Å²) in [5.41, 5.74) is 0.918. The van der Waals surface area contributed by atoms with Crippen LogP contribution in [0.3, 0.4) is 0 Å². The summed E-state index contributed by atoms with van der Waals surface area (Å²) in [4.78, 5) is 20.0. The molecule has 2 aromatic heterocycles. The Morgan fingerprint density at radius 2 is 1.89 bits per heavy atom. The van der Waals surface area contributed by atoms with Crippen molar-refractivity contribution in [2.24, 2.45) is 0 Å². The number of unbranched alkanes of at least 4 members (excludes halogenated alkanes) is 5. The van der Waals surface area contributed by atoms with Crippen molar-refractivity contribution in [3.8, 4) is 5.82 Å². The van der Waals surface area contributed by atoms with Crippen LogP contribution in [0.5, 0.6) is 0 Å². The summed E-state index contributed by atoms with van der Waals surface area (Å²) in [6, 6.07) is 3.56. The molecular weight excluding hydrogens is 356 g/mol. The highest BCUT2D eigenvalue weighted by Crippen LogP contribution is 2.05. The molecule has 0 aromatic carbocycles. The van der Waals surface area contributed by atoms with E-state index in [0.29, 0.717) is 25.5 Å². The number of carbonyl (C=O) groups excluding carboxylic acids is 1. The fourth-order valence-corrected chi connectivity index (χ4v) is 2.69. The summed E-state index contributed by atoms with van der Waals surface area (Å²) >= 11 is 0. The van der Waals surface area contributed by atoms with Crippen LogP contribution in [-0.4, -0.2) is 45.5 Å². The van der Waals surface area contributed by atoms with Gasteiger partial charge in [-0.05, 0) is 24.5 Å². The Morgan fingerprint density at radius 3 is 2.64 bits per heavy atom. The van der Waals surface area contributed by atoms with E-state index in [4.69, 9.17) is 4.74 Å². The quantitative estimate of drug-likeness (QED) is 0.485. The van der Waals surface area contributed by atoms with Gasteiger partial charge in [0.25, 0.3) is 0 Å². The zero-order chi connectivity index (χ0) is 19.9. The van der Waals surface area contributed by atoms with Crippen LogP contribution in [-0.2, 0) is 11.3 Å². The molecule has 0 spiro atoms. The van der Waals surface area contributed by atoms with Gasteiger partial charge in [0.2, 0.25) is 0 Å². The second-order valence-corrected chi connectivity index (χ2v) is 6.71. The number of nitrogens with one attached hydrogen (secondary N) is 2. The number of nitrogens with zero attached hydrogens (tertiary/aromatic N) is 4. The van der Waals surface area contributed by atoms with Gasteiger partial charge in [-0.2, -0.15) is 5.10 Å². The lowest BCUT2D eigenvalue weighted by Gasteiger charge is -2.08. The Labute approximate surface area is 167 Å². The van der Waals surface area contributed by atoms with Crippen molar-refractivity contribution in [2.45, 2.75) is 58.4 Å². The van der Waals surface area contributed by atoms with Gasteiger partial charge in [-0.25, -0.2) is 19.4 Å². The number of pyridine rings is 1. The molecule has 2 heterocycles. The van der Waals surface area contributed by atoms with E-state index in [1.54, 1.807) is 17.2 Å². The molecule has 2 aromatic rings. The summed E-state index contributed by atoms with van der Waals surface area (Å²) in [6.45, 7) is 4.75. The minimum absolute atomic E-state index is 0.184. The fourth-order valence-electron chi connectivity index (χ4n) is 2.69. The standard InChI is InChI=1S/C20H32N6O2/c1-2-3-4-5-6-7-12-28-13-8-11-22-20(27)24-15-18-9-10-19(23-14-18)26-17-21-16-25-26/h9-10,14,16-17H,2-8,11-13,15H2,1H3,(H2,22,24,27). The molecule has 0 atom stereocenters. The first-order valence-electron chi connectivity index (χ1n) is 10.2. The molecular formula is C20H32N6O2. The molecule has 2 amide bonds. The summed E-state index contributed by atoms with van der Waals surface area (Å²) in [7, 11) is 0. The highest BCUT2D eigenvalue weighted by atomic mass is 16.5. The number of urea groups is 1. The average Bonchev–Trinajstić information content (AvgIpc) is 3.26. The minimum Gasteiger partial charge on any atom is -0.381 e. The lowest BCUT2D eigenvalue weighted by Crippen LogP contribution is -2.35. The van der Waals surface area contributed by atoms with Crippen molar-refractivity contribution in [1.29, 1.82) is 0 Å². The van der Waals surface area contributed by atoms with Crippen molar-refractivity contribution in [3.05, 3.63) is 36.5 Å². The van der Waals surface area contributed by atoms with E-state index < -0.39 is 0 Å². The number of carbonyl (C=O) groups is 1. The van der Waals surface area contributed by atoms with Crippen LogP contribution in [0.4, 0.5) is 4.79 Å². The van der Waals surface area contributed by atoms with Crippen molar-refractivity contribution in [1.82, 2.24) is 30.4 Å². The third-order valence-electron chi connectivity index (χ3n) is 4.31. The van der Waals surface area contributed by atoms with Gasteiger partial charge in [0.15, 0.2) is 5.82 Å². The Morgan fingerprint density at radius 1 is 1.07 bits per heavy atom. The number of ether oxygens (including phenoxy) is 1. The molecule has 0 aliphatic rings.